The molecule has 8 heteroatoms. The predicted molar refractivity (Wildman–Crippen MR) is 134 cm³/mol. The molecule has 0 spiro atoms. The molecule has 0 aliphatic carbocycles. The molecular weight excluding hydrogens is 450 g/mol. The number of rotatable bonds is 10. The van der Waals surface area contributed by atoms with Crippen LogP contribution in [0.15, 0.2) is 72.0 Å². The van der Waals surface area contributed by atoms with Crippen molar-refractivity contribution in [3.63, 3.8) is 0 Å². The van der Waals surface area contributed by atoms with E-state index in [4.69, 9.17) is 14.2 Å². The number of nitrogens with zero attached hydrogens (tertiary/aromatic N) is 2. The fraction of sp³-hybridized carbons (Fsp3) is 0.231. The van der Waals surface area contributed by atoms with Gasteiger partial charge >= 0.3 is 0 Å². The fourth-order valence-corrected chi connectivity index (χ4v) is 4.58. The molecule has 0 saturated carbocycles. The van der Waals surface area contributed by atoms with E-state index in [-0.39, 0.29) is 12.5 Å². The van der Waals surface area contributed by atoms with Crippen LogP contribution in [-0.2, 0) is 23.6 Å². The first kappa shape index (κ1) is 23.5. The number of benzene rings is 2. The monoisotopic (exact) mass is 477 g/mol. The maximum atomic E-state index is 12.6. The Morgan fingerprint density at radius 3 is 2.44 bits per heavy atom. The molecule has 0 aliphatic rings. The quantitative estimate of drug-likeness (QED) is 0.335. The summed E-state index contributed by atoms with van der Waals surface area (Å²) in [6, 6.07) is 17.6. The zero-order chi connectivity index (χ0) is 23.9. The lowest BCUT2D eigenvalue weighted by Crippen LogP contribution is -2.26. The number of pyridine rings is 1. The van der Waals surface area contributed by atoms with E-state index < -0.39 is 0 Å². The Kier molecular flexibility index (Phi) is 7.59. The van der Waals surface area contributed by atoms with Gasteiger partial charge in [-0.2, -0.15) is 0 Å². The van der Waals surface area contributed by atoms with Crippen LogP contribution in [0.4, 0.5) is 0 Å². The van der Waals surface area contributed by atoms with Gasteiger partial charge in [-0.25, -0.2) is 4.98 Å². The van der Waals surface area contributed by atoms with Crippen LogP contribution >= 0.6 is 11.8 Å². The Labute approximate surface area is 203 Å². The number of nitrogens with one attached hydrogen (secondary N) is 1. The van der Waals surface area contributed by atoms with Crippen LogP contribution in [0.25, 0.3) is 10.9 Å². The highest BCUT2D eigenvalue weighted by atomic mass is 32.2. The summed E-state index contributed by atoms with van der Waals surface area (Å²) < 4.78 is 17.8. The average molecular weight is 478 g/mol. The number of amides is 1. The zero-order valence-electron chi connectivity index (χ0n) is 19.4. The van der Waals surface area contributed by atoms with Gasteiger partial charge in [-0.3, -0.25) is 4.79 Å². The molecule has 2 aromatic carbocycles. The minimum absolute atomic E-state index is 0.0727. The molecule has 4 rings (SSSR count). The third-order valence-electron chi connectivity index (χ3n) is 5.45. The molecule has 0 fully saturated rings. The van der Waals surface area contributed by atoms with E-state index >= 15 is 0 Å². The molecule has 0 aliphatic heterocycles. The molecule has 1 N–H and O–H groups in total. The van der Waals surface area contributed by atoms with Crippen LogP contribution in [0.2, 0.25) is 0 Å². The van der Waals surface area contributed by atoms with E-state index in [1.807, 2.05) is 53.2 Å². The average Bonchev–Trinajstić information content (AvgIpc) is 3.29. The number of carbonyl (C=O) groups is 1. The van der Waals surface area contributed by atoms with Crippen molar-refractivity contribution in [2.45, 2.75) is 23.9 Å². The molecule has 0 atom stereocenters. The topological polar surface area (TPSA) is 74.6 Å². The van der Waals surface area contributed by atoms with Crippen LogP contribution in [-0.4, -0.2) is 36.8 Å². The van der Waals surface area contributed by atoms with Crippen molar-refractivity contribution in [2.24, 2.45) is 0 Å². The summed E-state index contributed by atoms with van der Waals surface area (Å²) in [6.45, 7) is 0.631. The Morgan fingerprint density at radius 1 is 0.941 bits per heavy atom. The molecule has 2 heterocycles. The van der Waals surface area contributed by atoms with Gasteiger partial charge in [0.25, 0.3) is 0 Å². The van der Waals surface area contributed by atoms with Crippen molar-refractivity contribution >= 4 is 28.6 Å². The number of ether oxygens (including phenoxy) is 3. The second kappa shape index (κ2) is 11.0. The highest BCUT2D eigenvalue weighted by Gasteiger charge is 2.11. The van der Waals surface area contributed by atoms with Crippen LogP contribution in [0.5, 0.6) is 17.2 Å². The lowest BCUT2D eigenvalue weighted by Gasteiger charge is -2.11. The van der Waals surface area contributed by atoms with Crippen molar-refractivity contribution < 1.29 is 19.0 Å². The minimum Gasteiger partial charge on any atom is -0.497 e. The largest absolute Gasteiger partial charge is 0.497 e. The first-order valence-electron chi connectivity index (χ1n) is 10.8. The Morgan fingerprint density at radius 2 is 1.71 bits per heavy atom. The van der Waals surface area contributed by atoms with Crippen LogP contribution in [0.3, 0.4) is 0 Å². The van der Waals surface area contributed by atoms with Crippen molar-refractivity contribution in [1.29, 1.82) is 0 Å². The van der Waals surface area contributed by atoms with Gasteiger partial charge in [0, 0.05) is 30.1 Å². The van der Waals surface area contributed by atoms with E-state index in [1.54, 1.807) is 39.3 Å². The van der Waals surface area contributed by atoms with Gasteiger partial charge in [-0.1, -0.05) is 18.2 Å². The SMILES string of the molecule is COc1ccc(CSc2nccc3c2ccn3CC(=O)NCc2ccc(OC)c(OC)c2)cc1. The van der Waals surface area contributed by atoms with Gasteiger partial charge in [0.2, 0.25) is 5.91 Å². The molecule has 2 aromatic heterocycles. The maximum Gasteiger partial charge on any atom is 0.240 e. The molecule has 0 saturated heterocycles. The molecule has 7 nitrogen and oxygen atoms in total. The summed E-state index contributed by atoms with van der Waals surface area (Å²) in [4.78, 5) is 17.2. The molecule has 0 radical (unpaired) electrons. The number of carbonyl (C=O) groups excluding carboxylic acids is 1. The van der Waals surface area contributed by atoms with E-state index in [0.717, 1.165) is 33.0 Å². The number of thioether (sulfide) groups is 1. The number of hydrogen-bond donors (Lipinski definition) is 1. The molecule has 34 heavy (non-hydrogen) atoms. The van der Waals surface area contributed by atoms with Crippen molar-refractivity contribution in [3.8, 4) is 17.2 Å². The maximum absolute atomic E-state index is 12.6. The molecule has 0 bridgehead atoms. The van der Waals surface area contributed by atoms with Gasteiger partial charge in [-0.05, 0) is 47.5 Å². The second-order valence-corrected chi connectivity index (χ2v) is 8.56. The first-order valence-corrected chi connectivity index (χ1v) is 11.8. The van der Waals surface area contributed by atoms with Gasteiger partial charge < -0.3 is 24.1 Å². The Balaban J connectivity index is 1.39. The van der Waals surface area contributed by atoms with Crippen LogP contribution in [0, 0.1) is 0 Å². The number of methoxy groups -OCH3 is 3. The number of hydrogen-bond acceptors (Lipinski definition) is 6. The van der Waals surface area contributed by atoms with Crippen LogP contribution in [0.1, 0.15) is 11.1 Å². The molecular formula is C26H27N3O4S. The highest BCUT2D eigenvalue weighted by Crippen LogP contribution is 2.30. The van der Waals surface area contributed by atoms with E-state index in [0.29, 0.717) is 18.0 Å². The molecule has 0 unspecified atom stereocenters. The van der Waals surface area contributed by atoms with Crippen molar-refractivity contribution in [3.05, 3.63) is 78.1 Å². The third kappa shape index (κ3) is 5.46. The van der Waals surface area contributed by atoms with Gasteiger partial charge in [0.1, 0.15) is 17.3 Å². The highest BCUT2D eigenvalue weighted by molar-refractivity contribution is 7.98. The number of aromatic nitrogens is 2. The van der Waals surface area contributed by atoms with Crippen molar-refractivity contribution in [1.82, 2.24) is 14.9 Å². The van der Waals surface area contributed by atoms with Gasteiger partial charge in [0.05, 0.1) is 26.8 Å². The lowest BCUT2D eigenvalue weighted by molar-refractivity contribution is -0.121. The zero-order valence-corrected chi connectivity index (χ0v) is 20.2. The Hall–Kier alpha value is -3.65. The van der Waals surface area contributed by atoms with Gasteiger partial charge in [-0.15, -0.1) is 11.8 Å². The lowest BCUT2D eigenvalue weighted by atomic mass is 10.2. The summed E-state index contributed by atoms with van der Waals surface area (Å²) in [5, 5.41) is 4.95. The second-order valence-electron chi connectivity index (χ2n) is 7.60. The fourth-order valence-electron chi connectivity index (χ4n) is 3.62. The standard InChI is InChI=1S/C26H27N3O4S/c1-31-20-7-4-18(5-8-20)17-34-26-21-11-13-29(22(21)10-12-27-26)16-25(30)28-15-19-6-9-23(32-2)24(14-19)33-3/h4-14H,15-17H2,1-3H3,(H,28,30). The predicted octanol–water partition coefficient (Wildman–Crippen LogP) is 4.67. The van der Waals surface area contributed by atoms with Crippen LogP contribution < -0.4 is 19.5 Å². The summed E-state index contributed by atoms with van der Waals surface area (Å²) in [7, 11) is 4.85. The molecule has 1 amide bonds. The number of fused-ring (bicyclic) bond motifs is 1. The smallest absolute Gasteiger partial charge is 0.240 e. The molecule has 176 valence electrons. The molecule has 4 aromatic rings. The van der Waals surface area contributed by atoms with Gasteiger partial charge in [0.15, 0.2) is 11.5 Å². The first-order chi connectivity index (χ1) is 16.6. The summed E-state index contributed by atoms with van der Waals surface area (Å²) in [5.41, 5.74) is 3.11. The summed E-state index contributed by atoms with van der Waals surface area (Å²) in [6.07, 6.45) is 3.72. The Bertz CT molecular complexity index is 1270. The van der Waals surface area contributed by atoms with E-state index in [9.17, 15) is 4.79 Å². The normalized spacial score (nSPS) is 10.8. The minimum atomic E-state index is -0.0727. The van der Waals surface area contributed by atoms with Crippen molar-refractivity contribution in [2.75, 3.05) is 21.3 Å². The van der Waals surface area contributed by atoms with E-state index in [2.05, 4.69) is 22.4 Å². The third-order valence-corrected chi connectivity index (χ3v) is 6.52. The summed E-state index contributed by atoms with van der Waals surface area (Å²) >= 11 is 1.67. The summed E-state index contributed by atoms with van der Waals surface area (Å²) in [5.74, 6) is 2.86. The van der Waals surface area contributed by atoms with E-state index in [1.165, 1.54) is 5.56 Å².